The molecule has 1 aromatic carbocycles. The van der Waals surface area contributed by atoms with E-state index >= 15 is 0 Å². The molecule has 0 spiro atoms. The van der Waals surface area contributed by atoms with Crippen LogP contribution in [0, 0.1) is 0 Å². The standard InChI is InChI=1S/C20H22ClN9O/c1-20(2)14-12(15(29-28-14)24-18-26-16(21)25-17(22)27-18)9-30(20)19(31)23-13-8-11(13)10-6-4-3-5-7-10/h3-7,11,13H,8-9H2,1-2H3,(H,23,31)(H4,22,24,25,26,27,28,29)/t11-,13+/m1/s1. The van der Waals surface area contributed by atoms with Gasteiger partial charge >= 0.3 is 6.03 Å². The molecule has 2 aliphatic rings. The zero-order valence-electron chi connectivity index (χ0n) is 17.1. The van der Waals surface area contributed by atoms with Crippen molar-refractivity contribution in [2.75, 3.05) is 11.1 Å². The van der Waals surface area contributed by atoms with E-state index in [1.807, 2.05) is 32.0 Å². The smallest absolute Gasteiger partial charge is 0.318 e. The number of urea groups is 1. The number of carbonyl (C=O) groups excluding carboxylic acids is 1. The fourth-order valence-corrected chi connectivity index (χ4v) is 4.30. The lowest BCUT2D eigenvalue weighted by molar-refractivity contribution is 0.142. The number of anilines is 3. The predicted molar refractivity (Wildman–Crippen MR) is 116 cm³/mol. The van der Waals surface area contributed by atoms with Crippen molar-refractivity contribution >= 4 is 35.3 Å². The molecule has 3 heterocycles. The number of H-pyrrole nitrogens is 1. The Hall–Kier alpha value is -3.40. The summed E-state index contributed by atoms with van der Waals surface area (Å²) in [6.45, 7) is 4.36. The van der Waals surface area contributed by atoms with E-state index in [1.165, 1.54) is 5.56 Å². The summed E-state index contributed by atoms with van der Waals surface area (Å²) in [4.78, 5) is 26.7. The molecule has 31 heavy (non-hydrogen) atoms. The molecule has 0 radical (unpaired) electrons. The molecule has 0 bridgehead atoms. The highest BCUT2D eigenvalue weighted by molar-refractivity contribution is 6.28. The Morgan fingerprint density at radius 3 is 2.77 bits per heavy atom. The van der Waals surface area contributed by atoms with Crippen LogP contribution in [0.3, 0.4) is 0 Å². The number of nitrogens with one attached hydrogen (secondary N) is 3. The molecule has 2 atom stereocenters. The molecule has 0 unspecified atom stereocenters. The average Bonchev–Trinajstić information content (AvgIpc) is 3.27. The molecule has 5 N–H and O–H groups in total. The molecule has 3 aromatic rings. The topological polar surface area (TPSA) is 138 Å². The van der Waals surface area contributed by atoms with Gasteiger partial charge in [-0.1, -0.05) is 30.3 Å². The summed E-state index contributed by atoms with van der Waals surface area (Å²) in [6, 6.07) is 10.3. The van der Waals surface area contributed by atoms with E-state index in [9.17, 15) is 4.79 Å². The van der Waals surface area contributed by atoms with Crippen molar-refractivity contribution in [1.29, 1.82) is 0 Å². The largest absolute Gasteiger partial charge is 0.368 e. The second-order valence-corrected chi connectivity index (χ2v) is 8.63. The Labute approximate surface area is 183 Å². The average molecular weight is 440 g/mol. The van der Waals surface area contributed by atoms with Crippen molar-refractivity contribution in [3.63, 3.8) is 0 Å². The zero-order valence-corrected chi connectivity index (χ0v) is 17.8. The lowest BCUT2D eigenvalue weighted by Crippen LogP contribution is -2.47. The Morgan fingerprint density at radius 2 is 2.03 bits per heavy atom. The third kappa shape index (κ3) is 3.52. The van der Waals surface area contributed by atoms with Gasteiger partial charge in [0.2, 0.25) is 17.2 Å². The van der Waals surface area contributed by atoms with E-state index in [0.717, 1.165) is 17.7 Å². The van der Waals surface area contributed by atoms with Gasteiger partial charge in [-0.25, -0.2) is 4.79 Å². The lowest BCUT2D eigenvalue weighted by atomic mass is 10.0. The van der Waals surface area contributed by atoms with Crippen LogP contribution in [0.1, 0.15) is 43.0 Å². The van der Waals surface area contributed by atoms with Crippen LogP contribution in [0.4, 0.5) is 22.5 Å². The number of benzene rings is 1. The predicted octanol–water partition coefficient (Wildman–Crippen LogP) is 2.89. The summed E-state index contributed by atoms with van der Waals surface area (Å²) in [5.74, 6) is 1.09. The minimum Gasteiger partial charge on any atom is -0.368 e. The molecule has 2 amide bonds. The van der Waals surface area contributed by atoms with Gasteiger partial charge in [-0.2, -0.15) is 20.1 Å². The van der Waals surface area contributed by atoms with Crippen molar-refractivity contribution in [3.05, 3.63) is 52.4 Å². The van der Waals surface area contributed by atoms with Crippen molar-refractivity contribution in [1.82, 2.24) is 35.4 Å². The van der Waals surface area contributed by atoms with Crippen molar-refractivity contribution in [2.45, 2.75) is 44.3 Å². The number of hydrogen-bond acceptors (Lipinski definition) is 7. The summed E-state index contributed by atoms with van der Waals surface area (Å²) >= 11 is 5.86. The highest BCUT2D eigenvalue weighted by Crippen LogP contribution is 2.43. The molecule has 1 fully saturated rings. The second-order valence-electron chi connectivity index (χ2n) is 8.29. The molecule has 1 saturated carbocycles. The van der Waals surface area contributed by atoms with Gasteiger partial charge in [0.1, 0.15) is 0 Å². The maximum atomic E-state index is 13.1. The first-order valence-electron chi connectivity index (χ1n) is 9.98. The summed E-state index contributed by atoms with van der Waals surface area (Å²) < 4.78 is 0. The van der Waals surface area contributed by atoms with Crippen molar-refractivity contribution in [3.8, 4) is 0 Å². The molecule has 1 aliphatic heterocycles. The Bertz CT molecular complexity index is 1130. The van der Waals surface area contributed by atoms with Crippen LogP contribution in [0.2, 0.25) is 5.28 Å². The summed E-state index contributed by atoms with van der Waals surface area (Å²) in [7, 11) is 0. The maximum Gasteiger partial charge on any atom is 0.318 e. The highest BCUT2D eigenvalue weighted by atomic mass is 35.5. The van der Waals surface area contributed by atoms with Gasteiger partial charge in [0.25, 0.3) is 0 Å². The first kappa shape index (κ1) is 19.6. The fourth-order valence-electron chi connectivity index (χ4n) is 4.13. The van der Waals surface area contributed by atoms with Crippen LogP contribution < -0.4 is 16.4 Å². The first-order valence-corrected chi connectivity index (χ1v) is 10.4. The fraction of sp³-hybridized carbons (Fsp3) is 0.350. The first-order chi connectivity index (χ1) is 14.8. The van der Waals surface area contributed by atoms with Crippen LogP contribution in [0.15, 0.2) is 30.3 Å². The lowest BCUT2D eigenvalue weighted by Gasteiger charge is -2.32. The molecule has 160 valence electrons. The molecule has 0 saturated heterocycles. The van der Waals surface area contributed by atoms with Crippen molar-refractivity contribution < 1.29 is 4.79 Å². The van der Waals surface area contributed by atoms with Crippen LogP contribution in [0.5, 0.6) is 0 Å². The number of aromatic amines is 1. The van der Waals surface area contributed by atoms with E-state index in [4.69, 9.17) is 17.3 Å². The number of nitrogens with zero attached hydrogens (tertiary/aromatic N) is 5. The van der Waals surface area contributed by atoms with Gasteiger partial charge in [0, 0.05) is 17.5 Å². The molecule has 11 heteroatoms. The zero-order chi connectivity index (χ0) is 21.8. The summed E-state index contributed by atoms with van der Waals surface area (Å²) in [6.07, 6.45) is 0.950. The third-order valence-electron chi connectivity index (χ3n) is 5.90. The van der Waals surface area contributed by atoms with Gasteiger partial charge in [-0.05, 0) is 37.4 Å². The number of nitrogens with two attached hydrogens (primary N) is 1. The highest BCUT2D eigenvalue weighted by Gasteiger charge is 2.46. The molecular formula is C20H22ClN9O. The Morgan fingerprint density at radius 1 is 1.26 bits per heavy atom. The maximum absolute atomic E-state index is 13.1. The molecule has 5 rings (SSSR count). The molecule has 2 aromatic heterocycles. The normalized spacial score (nSPS) is 20.9. The number of nitrogen functional groups attached to an aromatic ring is 1. The molecular weight excluding hydrogens is 418 g/mol. The Balaban J connectivity index is 1.31. The molecule has 10 nitrogen and oxygen atoms in total. The van der Waals surface area contributed by atoms with Crippen LogP contribution in [-0.4, -0.2) is 42.1 Å². The van der Waals surface area contributed by atoms with Gasteiger partial charge in [-0.3, -0.25) is 5.10 Å². The SMILES string of the molecule is CC1(C)c2[nH]nc(Nc3nc(N)nc(Cl)n3)c2CN1C(=O)N[C@H]1C[C@@H]1c1ccccc1. The number of aromatic nitrogens is 5. The van der Waals surface area contributed by atoms with Crippen LogP contribution in [-0.2, 0) is 12.1 Å². The van der Waals surface area contributed by atoms with Crippen LogP contribution in [0.25, 0.3) is 0 Å². The van der Waals surface area contributed by atoms with E-state index in [0.29, 0.717) is 18.3 Å². The minimum absolute atomic E-state index is 0.00780. The van der Waals surface area contributed by atoms with E-state index < -0.39 is 5.54 Å². The quantitative estimate of drug-likeness (QED) is 0.490. The van der Waals surface area contributed by atoms with Crippen LogP contribution >= 0.6 is 11.6 Å². The number of hydrogen-bond donors (Lipinski definition) is 4. The number of fused-ring (bicyclic) bond motifs is 1. The van der Waals surface area contributed by atoms with E-state index in [-0.39, 0.29) is 29.3 Å². The Kier molecular flexibility index (Phi) is 4.47. The number of carbonyl (C=O) groups is 1. The van der Waals surface area contributed by atoms with E-state index in [1.54, 1.807) is 4.90 Å². The minimum atomic E-state index is -0.556. The van der Waals surface area contributed by atoms with Gasteiger partial charge in [0.05, 0.1) is 17.8 Å². The third-order valence-corrected chi connectivity index (χ3v) is 6.07. The second kappa shape index (κ2) is 7.09. The summed E-state index contributed by atoms with van der Waals surface area (Å²) in [5, 5.41) is 13.6. The van der Waals surface area contributed by atoms with Crippen molar-refractivity contribution in [2.24, 2.45) is 0 Å². The number of amides is 2. The van der Waals surface area contributed by atoms with Gasteiger partial charge in [-0.15, -0.1) is 0 Å². The van der Waals surface area contributed by atoms with Gasteiger partial charge in [0.15, 0.2) is 5.82 Å². The van der Waals surface area contributed by atoms with E-state index in [2.05, 4.69) is 47.9 Å². The monoisotopic (exact) mass is 439 g/mol. The number of rotatable bonds is 4. The number of halogens is 1. The molecule has 1 aliphatic carbocycles. The summed E-state index contributed by atoms with van der Waals surface area (Å²) in [5.41, 5.74) is 8.06. The van der Waals surface area contributed by atoms with Gasteiger partial charge < -0.3 is 21.3 Å².